The summed E-state index contributed by atoms with van der Waals surface area (Å²) < 4.78 is 4.65. The zero-order valence-electron chi connectivity index (χ0n) is 11.2. The molecule has 0 bridgehead atoms. The molecule has 0 radical (unpaired) electrons. The van der Waals surface area contributed by atoms with Crippen molar-refractivity contribution in [3.63, 3.8) is 0 Å². The van der Waals surface area contributed by atoms with Crippen LogP contribution in [0.3, 0.4) is 0 Å². The summed E-state index contributed by atoms with van der Waals surface area (Å²) in [5, 5.41) is 4.10. The molecule has 0 atom stereocenters. The maximum atomic E-state index is 6.07. The number of piperidine rings is 2. The van der Waals surface area contributed by atoms with Crippen LogP contribution in [0.15, 0.2) is 0 Å². The first-order chi connectivity index (χ1) is 9.33. The lowest BCUT2D eigenvalue weighted by molar-refractivity contribution is 0.0891. The minimum atomic E-state index is 0.748. The maximum Gasteiger partial charge on any atom is 0.138 e. The Labute approximate surface area is 123 Å². The van der Waals surface area contributed by atoms with Gasteiger partial charge in [-0.25, -0.2) is 0 Å². The molecular weight excluding hydrogens is 280 g/mol. The normalized spacial score (nSPS) is 23.8. The average molecular weight is 301 g/mol. The molecule has 2 aliphatic heterocycles. The highest BCUT2D eigenvalue weighted by Crippen LogP contribution is 2.24. The van der Waals surface area contributed by atoms with Crippen molar-refractivity contribution >= 4 is 23.1 Å². The quantitative estimate of drug-likeness (QED) is 0.859. The second-order valence-corrected chi connectivity index (χ2v) is 6.95. The molecule has 19 heavy (non-hydrogen) atoms. The fourth-order valence-electron chi connectivity index (χ4n) is 3.23. The second kappa shape index (κ2) is 6.48. The van der Waals surface area contributed by atoms with E-state index in [9.17, 15) is 0 Å². The molecule has 3 heterocycles. The van der Waals surface area contributed by atoms with Gasteiger partial charge in [0.15, 0.2) is 0 Å². The molecule has 3 rings (SSSR count). The molecule has 4 nitrogen and oxygen atoms in total. The van der Waals surface area contributed by atoms with Crippen LogP contribution in [0.4, 0.5) is 0 Å². The Morgan fingerprint density at radius 1 is 1.11 bits per heavy atom. The Morgan fingerprint density at radius 3 is 2.47 bits per heavy atom. The smallest absolute Gasteiger partial charge is 0.138 e. The van der Waals surface area contributed by atoms with Crippen molar-refractivity contribution in [1.29, 1.82) is 0 Å². The van der Waals surface area contributed by atoms with Crippen LogP contribution in [0.2, 0.25) is 4.34 Å². The van der Waals surface area contributed by atoms with Crippen LogP contribution in [0.1, 0.15) is 37.8 Å². The summed E-state index contributed by atoms with van der Waals surface area (Å²) in [5.41, 5.74) is 0.947. The van der Waals surface area contributed by atoms with E-state index in [2.05, 4.69) is 19.4 Å². The van der Waals surface area contributed by atoms with Crippen LogP contribution in [0.5, 0.6) is 0 Å². The molecule has 0 aliphatic carbocycles. The Bertz CT molecular complexity index is 397. The number of rotatable bonds is 3. The topological polar surface area (TPSA) is 32.3 Å². The summed E-state index contributed by atoms with van der Waals surface area (Å²) in [6, 6.07) is 0.806. The van der Waals surface area contributed by atoms with Crippen LogP contribution in [0.25, 0.3) is 0 Å². The van der Waals surface area contributed by atoms with Crippen LogP contribution in [-0.4, -0.2) is 51.6 Å². The van der Waals surface area contributed by atoms with Crippen molar-refractivity contribution in [3.8, 4) is 0 Å². The van der Waals surface area contributed by atoms with E-state index in [0.717, 1.165) is 35.7 Å². The van der Waals surface area contributed by atoms with Crippen LogP contribution in [0, 0.1) is 0 Å². The average Bonchev–Trinajstić information content (AvgIpc) is 2.86. The number of nitrogens with zero attached hydrogens (tertiary/aromatic N) is 4. The fraction of sp³-hybridized carbons (Fsp3) is 0.846. The van der Waals surface area contributed by atoms with Gasteiger partial charge < -0.3 is 4.90 Å². The Kier molecular flexibility index (Phi) is 4.69. The summed E-state index contributed by atoms with van der Waals surface area (Å²) in [5.74, 6) is 0. The van der Waals surface area contributed by atoms with Gasteiger partial charge in [0.1, 0.15) is 10.0 Å². The molecule has 2 aliphatic rings. The fourth-order valence-corrected chi connectivity index (χ4v) is 3.84. The van der Waals surface area contributed by atoms with Gasteiger partial charge in [0.25, 0.3) is 0 Å². The highest BCUT2D eigenvalue weighted by molar-refractivity contribution is 7.10. The van der Waals surface area contributed by atoms with Crippen LogP contribution < -0.4 is 0 Å². The third-order valence-corrected chi connectivity index (χ3v) is 5.33. The predicted molar refractivity (Wildman–Crippen MR) is 78.6 cm³/mol. The van der Waals surface area contributed by atoms with Gasteiger partial charge in [-0.3, -0.25) is 4.90 Å². The molecule has 106 valence electrons. The number of halogens is 1. The molecule has 1 aromatic heterocycles. The zero-order chi connectivity index (χ0) is 13.1. The summed E-state index contributed by atoms with van der Waals surface area (Å²) in [6.07, 6.45) is 6.77. The largest absolute Gasteiger partial charge is 0.300 e. The van der Waals surface area contributed by atoms with Crippen LogP contribution in [-0.2, 0) is 6.54 Å². The lowest BCUT2D eigenvalue weighted by atomic mass is 10.00. The third-order valence-electron chi connectivity index (χ3n) is 4.35. The van der Waals surface area contributed by atoms with E-state index in [0.29, 0.717) is 0 Å². The van der Waals surface area contributed by atoms with Gasteiger partial charge in [0.05, 0.1) is 0 Å². The molecule has 0 aromatic carbocycles. The number of hydrogen-bond acceptors (Lipinski definition) is 5. The van der Waals surface area contributed by atoms with Gasteiger partial charge in [-0.1, -0.05) is 22.5 Å². The summed E-state index contributed by atoms with van der Waals surface area (Å²) >= 11 is 7.35. The van der Waals surface area contributed by atoms with E-state index in [1.165, 1.54) is 56.7 Å². The van der Waals surface area contributed by atoms with Crippen molar-refractivity contribution in [2.45, 2.75) is 44.7 Å². The van der Waals surface area contributed by atoms with Gasteiger partial charge >= 0.3 is 0 Å². The minimum absolute atomic E-state index is 0.748. The number of hydrogen-bond donors (Lipinski definition) is 0. The van der Waals surface area contributed by atoms with E-state index in [1.807, 2.05) is 0 Å². The predicted octanol–water partition coefficient (Wildman–Crippen LogP) is 2.64. The van der Waals surface area contributed by atoms with E-state index in [1.54, 1.807) is 0 Å². The first kappa shape index (κ1) is 13.7. The Morgan fingerprint density at radius 2 is 1.84 bits per heavy atom. The zero-order valence-corrected chi connectivity index (χ0v) is 12.8. The van der Waals surface area contributed by atoms with E-state index in [-0.39, 0.29) is 0 Å². The van der Waals surface area contributed by atoms with Crippen molar-refractivity contribution in [2.24, 2.45) is 0 Å². The lowest BCUT2D eigenvalue weighted by Gasteiger charge is -2.40. The van der Waals surface area contributed by atoms with E-state index < -0.39 is 0 Å². The molecule has 0 unspecified atom stereocenters. The monoisotopic (exact) mass is 300 g/mol. The number of aromatic nitrogens is 2. The summed E-state index contributed by atoms with van der Waals surface area (Å²) in [4.78, 5) is 5.17. The summed E-state index contributed by atoms with van der Waals surface area (Å²) in [6.45, 7) is 5.81. The molecule has 0 amide bonds. The summed E-state index contributed by atoms with van der Waals surface area (Å²) in [7, 11) is 0. The maximum absolute atomic E-state index is 6.07. The molecule has 0 spiro atoms. The molecule has 2 fully saturated rings. The van der Waals surface area contributed by atoms with Gasteiger partial charge in [0.2, 0.25) is 0 Å². The van der Waals surface area contributed by atoms with Crippen LogP contribution >= 0.6 is 23.1 Å². The molecule has 1 aromatic rings. The Hall–Kier alpha value is -0.230. The van der Waals surface area contributed by atoms with Gasteiger partial charge in [-0.05, 0) is 38.8 Å². The van der Waals surface area contributed by atoms with Gasteiger partial charge in [0, 0.05) is 37.2 Å². The molecule has 6 heteroatoms. The molecule has 0 saturated carbocycles. The lowest BCUT2D eigenvalue weighted by Crippen LogP contribution is -2.46. The van der Waals surface area contributed by atoms with E-state index in [4.69, 9.17) is 11.6 Å². The minimum Gasteiger partial charge on any atom is -0.300 e. The molecule has 0 N–H and O–H groups in total. The highest BCUT2D eigenvalue weighted by atomic mass is 35.5. The molecular formula is C13H21ClN4S. The first-order valence-electron chi connectivity index (χ1n) is 7.26. The van der Waals surface area contributed by atoms with Crippen molar-refractivity contribution in [2.75, 3.05) is 26.2 Å². The van der Waals surface area contributed by atoms with E-state index >= 15 is 0 Å². The standard InChI is InChI=1S/C13H21ClN4S/c14-13-12(15-16-19-13)10-17-8-4-11(5-9-17)18-6-2-1-3-7-18/h11H,1-10H2. The Balaban J connectivity index is 1.48. The second-order valence-electron chi connectivity index (χ2n) is 5.60. The van der Waals surface area contributed by atoms with Crippen molar-refractivity contribution in [1.82, 2.24) is 19.4 Å². The third kappa shape index (κ3) is 3.45. The highest BCUT2D eigenvalue weighted by Gasteiger charge is 2.26. The van der Waals surface area contributed by atoms with Gasteiger partial charge in [-0.2, -0.15) is 0 Å². The first-order valence-corrected chi connectivity index (χ1v) is 8.41. The van der Waals surface area contributed by atoms with Crippen molar-refractivity contribution < 1.29 is 0 Å². The van der Waals surface area contributed by atoms with Gasteiger partial charge in [-0.15, -0.1) is 5.10 Å². The SMILES string of the molecule is Clc1snnc1CN1CCC(N2CCCCC2)CC1. The molecule has 2 saturated heterocycles. The van der Waals surface area contributed by atoms with Crippen molar-refractivity contribution in [3.05, 3.63) is 10.0 Å². The number of likely N-dealkylation sites (tertiary alicyclic amines) is 2.